The standard InChI is InChI=1S/C27H27BFN3O/c1-19-17-23(32-27(19)25(14-15-30)26-3-2-16-31(26)28-32)11-6-20-7-12-24(13-8-20)33-18-21-4-9-22(29)10-5-21/h2-13,16-17H,14-15,18,28,30H2,1H3/b11-6+. The van der Waals surface area contributed by atoms with Gasteiger partial charge in [0.2, 0.25) is 0 Å². The summed E-state index contributed by atoms with van der Waals surface area (Å²) in [5.41, 5.74) is 14.5. The van der Waals surface area contributed by atoms with Crippen LogP contribution >= 0.6 is 0 Å². The highest BCUT2D eigenvalue weighted by Crippen LogP contribution is 2.33. The van der Waals surface area contributed by atoms with Gasteiger partial charge in [0.1, 0.15) is 18.2 Å². The van der Waals surface area contributed by atoms with Crippen molar-refractivity contribution >= 4 is 24.9 Å². The summed E-state index contributed by atoms with van der Waals surface area (Å²) in [5.74, 6) is 0.555. The molecule has 0 saturated heterocycles. The van der Waals surface area contributed by atoms with E-state index in [1.165, 1.54) is 40.4 Å². The van der Waals surface area contributed by atoms with Crippen LogP contribution in [0.2, 0.25) is 0 Å². The van der Waals surface area contributed by atoms with E-state index < -0.39 is 7.55 Å². The molecule has 2 aliphatic rings. The highest BCUT2D eigenvalue weighted by molar-refractivity contribution is 6.29. The van der Waals surface area contributed by atoms with Gasteiger partial charge in [0.15, 0.2) is 11.4 Å². The van der Waals surface area contributed by atoms with Crippen molar-refractivity contribution in [2.45, 2.75) is 20.0 Å². The Balaban J connectivity index is 1.33. The number of ether oxygens (including phenoxy) is 1. The van der Waals surface area contributed by atoms with Gasteiger partial charge >= 0.3 is 7.55 Å². The lowest BCUT2D eigenvalue weighted by Crippen LogP contribution is -2.31. The number of fused-ring (bicyclic) bond motifs is 2. The van der Waals surface area contributed by atoms with Crippen molar-refractivity contribution in [3.05, 3.63) is 113 Å². The number of halogens is 1. The van der Waals surface area contributed by atoms with Crippen molar-refractivity contribution < 1.29 is 13.6 Å². The number of benzene rings is 2. The van der Waals surface area contributed by atoms with Gasteiger partial charge in [0, 0.05) is 29.0 Å². The number of nitrogens with zero attached hydrogens (tertiary/aromatic N) is 2. The molecule has 0 fully saturated rings. The third-order valence-electron chi connectivity index (χ3n) is 6.45. The van der Waals surface area contributed by atoms with Crippen LogP contribution in [-0.4, -0.2) is 28.8 Å². The molecular formula is C27H27BFN3O. The summed E-state index contributed by atoms with van der Waals surface area (Å²) in [4.78, 5) is 0. The first kappa shape index (κ1) is 21.2. The third-order valence-corrected chi connectivity index (χ3v) is 6.45. The summed E-state index contributed by atoms with van der Waals surface area (Å²) in [6.07, 6.45) is 9.68. The molecule has 1 aromatic heterocycles. The maximum absolute atomic E-state index is 13.0. The highest BCUT2D eigenvalue weighted by Gasteiger charge is 2.30. The predicted molar refractivity (Wildman–Crippen MR) is 134 cm³/mol. The molecule has 0 spiro atoms. The second-order valence-electron chi connectivity index (χ2n) is 8.70. The molecule has 2 aliphatic heterocycles. The molecule has 3 heterocycles. The van der Waals surface area contributed by atoms with Gasteiger partial charge in [0.05, 0.1) is 0 Å². The van der Waals surface area contributed by atoms with Crippen LogP contribution in [-0.2, 0) is 6.61 Å². The fourth-order valence-electron chi connectivity index (χ4n) is 4.88. The average molecular weight is 439 g/mol. The Morgan fingerprint density at radius 3 is 2.61 bits per heavy atom. The van der Waals surface area contributed by atoms with Crippen molar-refractivity contribution in [1.82, 2.24) is 4.48 Å². The van der Waals surface area contributed by atoms with Crippen LogP contribution in [0.3, 0.4) is 0 Å². The van der Waals surface area contributed by atoms with Crippen molar-refractivity contribution in [3.8, 4) is 5.75 Å². The number of aromatic nitrogens is 1. The minimum absolute atomic E-state index is 0.237. The fourth-order valence-corrected chi connectivity index (χ4v) is 4.88. The molecule has 0 unspecified atom stereocenters. The van der Waals surface area contributed by atoms with Crippen molar-refractivity contribution in [2.75, 3.05) is 6.54 Å². The van der Waals surface area contributed by atoms with Crippen LogP contribution < -0.4 is 10.5 Å². The maximum Gasteiger partial charge on any atom is 0.353 e. The van der Waals surface area contributed by atoms with Gasteiger partial charge in [-0.25, -0.2) is 4.39 Å². The first-order valence-corrected chi connectivity index (χ1v) is 11.5. The third kappa shape index (κ3) is 4.34. The molecule has 6 heteroatoms. The maximum atomic E-state index is 13.0. The van der Waals surface area contributed by atoms with Gasteiger partial charge in [-0.1, -0.05) is 24.3 Å². The molecule has 5 rings (SSSR count). The molecule has 3 aromatic rings. The minimum atomic E-state index is -0.527. The molecule has 0 atom stereocenters. The Kier molecular flexibility index (Phi) is 5.84. The molecule has 0 amide bonds. The Morgan fingerprint density at radius 2 is 1.85 bits per heavy atom. The van der Waals surface area contributed by atoms with E-state index in [4.69, 9.17) is 10.5 Å². The molecule has 2 aromatic carbocycles. The Hall–Kier alpha value is -3.64. The van der Waals surface area contributed by atoms with Gasteiger partial charge < -0.3 is 19.4 Å². The van der Waals surface area contributed by atoms with Crippen LogP contribution in [0.25, 0.3) is 11.6 Å². The van der Waals surface area contributed by atoms with E-state index in [0.29, 0.717) is 13.2 Å². The van der Waals surface area contributed by atoms with Crippen LogP contribution in [0.1, 0.15) is 30.2 Å². The molecule has 0 aliphatic carbocycles. The molecule has 2 N–H and O–H groups in total. The summed E-state index contributed by atoms with van der Waals surface area (Å²) in [6.45, 7) is 3.25. The first-order valence-electron chi connectivity index (χ1n) is 11.5. The number of nitrogens with two attached hydrogens (primary N) is 1. The largest absolute Gasteiger partial charge is 0.489 e. The molecule has 166 valence electrons. The summed E-state index contributed by atoms with van der Waals surface area (Å²) in [5, 5.41) is 0. The van der Waals surface area contributed by atoms with Crippen molar-refractivity contribution in [1.29, 1.82) is 0 Å². The van der Waals surface area contributed by atoms with E-state index in [2.05, 4.69) is 64.6 Å². The minimum Gasteiger partial charge on any atom is -0.489 e. The van der Waals surface area contributed by atoms with Crippen molar-refractivity contribution in [2.24, 2.45) is 5.73 Å². The second-order valence-corrected chi connectivity index (χ2v) is 8.70. The second kappa shape index (κ2) is 9.08. The summed E-state index contributed by atoms with van der Waals surface area (Å²) < 4.78 is 23.8. The molecule has 33 heavy (non-hydrogen) atoms. The lowest BCUT2D eigenvalue weighted by molar-refractivity contribution is -0.314. The zero-order chi connectivity index (χ0) is 22.8. The van der Waals surface area contributed by atoms with E-state index >= 15 is 0 Å². The van der Waals surface area contributed by atoms with Gasteiger partial charge in [-0.15, -0.1) is 0 Å². The smallest absolute Gasteiger partial charge is 0.353 e. The molecule has 4 nitrogen and oxygen atoms in total. The summed E-state index contributed by atoms with van der Waals surface area (Å²) in [7, 11) is -0.527. The monoisotopic (exact) mass is 439 g/mol. The molecule has 0 saturated carbocycles. The van der Waals surface area contributed by atoms with Crippen LogP contribution in [0.15, 0.2) is 90.3 Å². The normalized spacial score (nSPS) is 15.2. The summed E-state index contributed by atoms with van der Waals surface area (Å²) >= 11 is 0. The Bertz CT molecular complexity index is 1300. The zero-order valence-electron chi connectivity index (χ0n) is 19.0. The molecular weight excluding hydrogens is 412 g/mol. The number of hydrogen-bond donors (Lipinski definition) is 1. The lowest BCUT2D eigenvalue weighted by Gasteiger charge is -2.26. The van der Waals surface area contributed by atoms with Gasteiger partial charge in [-0.05, 0) is 79.7 Å². The summed E-state index contributed by atoms with van der Waals surface area (Å²) in [6, 6.07) is 18.8. The van der Waals surface area contributed by atoms with Gasteiger partial charge in [-0.2, -0.15) is 0 Å². The van der Waals surface area contributed by atoms with E-state index in [1.807, 2.05) is 12.1 Å². The topological polar surface area (TPSA) is 43.2 Å². The number of allylic oxidation sites excluding steroid dienone is 3. The Morgan fingerprint density at radius 1 is 1.06 bits per heavy atom. The Labute approximate surface area is 194 Å². The van der Waals surface area contributed by atoms with E-state index in [1.54, 1.807) is 12.1 Å². The van der Waals surface area contributed by atoms with Crippen molar-refractivity contribution in [3.63, 3.8) is 0 Å². The van der Waals surface area contributed by atoms with Crippen LogP contribution in [0.4, 0.5) is 4.39 Å². The number of rotatable bonds is 7. The van der Waals surface area contributed by atoms with Crippen LogP contribution in [0.5, 0.6) is 5.75 Å². The predicted octanol–water partition coefficient (Wildman–Crippen LogP) is 4.25. The quantitative estimate of drug-likeness (QED) is 0.560. The van der Waals surface area contributed by atoms with Gasteiger partial charge in [0.25, 0.3) is 0 Å². The fraction of sp³-hybridized carbons (Fsp3) is 0.148. The first-order chi connectivity index (χ1) is 16.1. The van der Waals surface area contributed by atoms with Gasteiger partial charge in [-0.3, -0.25) is 0 Å². The van der Waals surface area contributed by atoms with Crippen LogP contribution in [0, 0.1) is 5.82 Å². The number of hydrogen-bond acceptors (Lipinski definition) is 2. The molecule has 0 bridgehead atoms. The van der Waals surface area contributed by atoms with E-state index in [0.717, 1.165) is 23.3 Å². The highest BCUT2D eigenvalue weighted by atomic mass is 19.1. The average Bonchev–Trinajstić information content (AvgIpc) is 3.42. The van der Waals surface area contributed by atoms with E-state index in [9.17, 15) is 4.39 Å². The lowest BCUT2D eigenvalue weighted by atomic mass is 9.93. The SMILES string of the molecule is CC1=CC(/C=C/c2ccc(OCc3ccc(F)cc3)cc2)=[N+]2[BH2-]n3cccc3C(CCN)=C12. The van der Waals surface area contributed by atoms with E-state index in [-0.39, 0.29) is 5.82 Å². The molecule has 0 radical (unpaired) electrons. The zero-order valence-corrected chi connectivity index (χ0v) is 19.0.